The van der Waals surface area contributed by atoms with E-state index in [4.69, 9.17) is 9.66 Å². The standard InChI is InChI=1S/C7H7NO6S/c9-7(10)6-3-5(1-2-8-6)4-14-15(11,12)13/h1-3H,4H2,(H,9,10)(H,11,12,13). The fourth-order valence-corrected chi connectivity index (χ4v) is 1.11. The molecule has 0 spiro atoms. The van der Waals surface area contributed by atoms with Crippen molar-refractivity contribution in [1.29, 1.82) is 0 Å². The summed E-state index contributed by atoms with van der Waals surface area (Å²) in [5, 5.41) is 8.57. The van der Waals surface area contributed by atoms with Crippen LogP contribution in [0, 0.1) is 0 Å². The maximum atomic E-state index is 10.5. The molecular weight excluding hydrogens is 226 g/mol. The number of hydrogen-bond acceptors (Lipinski definition) is 5. The topological polar surface area (TPSA) is 114 Å². The van der Waals surface area contributed by atoms with Crippen LogP contribution < -0.4 is 0 Å². The number of carbonyl (C=O) groups is 1. The first kappa shape index (κ1) is 11.6. The molecule has 8 heteroatoms. The molecule has 0 saturated heterocycles. The lowest BCUT2D eigenvalue weighted by atomic mass is 10.2. The summed E-state index contributed by atoms with van der Waals surface area (Å²) in [6.45, 7) is -0.443. The molecule has 1 rings (SSSR count). The summed E-state index contributed by atoms with van der Waals surface area (Å²) < 4.78 is 32.8. The molecule has 0 atom stereocenters. The fraction of sp³-hybridized carbons (Fsp3) is 0.143. The SMILES string of the molecule is O=C(O)c1cc(COS(=O)(=O)O)ccn1. The van der Waals surface area contributed by atoms with Crippen LogP contribution in [0.15, 0.2) is 18.3 Å². The van der Waals surface area contributed by atoms with Gasteiger partial charge in [-0.25, -0.2) is 14.0 Å². The third kappa shape index (κ3) is 4.02. The van der Waals surface area contributed by atoms with Crippen molar-refractivity contribution in [3.8, 4) is 0 Å². The summed E-state index contributed by atoms with van der Waals surface area (Å²) in [6, 6.07) is 2.52. The maximum absolute atomic E-state index is 10.5. The molecule has 0 aromatic carbocycles. The molecule has 0 saturated carbocycles. The van der Waals surface area contributed by atoms with E-state index in [2.05, 4.69) is 9.17 Å². The molecule has 0 aliphatic rings. The number of carboxylic acid groups (broad SMARTS) is 1. The average molecular weight is 233 g/mol. The van der Waals surface area contributed by atoms with E-state index in [9.17, 15) is 13.2 Å². The van der Waals surface area contributed by atoms with Crippen molar-refractivity contribution in [1.82, 2.24) is 4.98 Å². The Morgan fingerprint density at radius 2 is 2.20 bits per heavy atom. The van der Waals surface area contributed by atoms with Gasteiger partial charge >= 0.3 is 16.4 Å². The second kappa shape index (κ2) is 4.34. The monoisotopic (exact) mass is 233 g/mol. The van der Waals surface area contributed by atoms with Gasteiger partial charge in [-0.05, 0) is 17.7 Å². The largest absolute Gasteiger partial charge is 0.477 e. The molecule has 1 heterocycles. The number of rotatable bonds is 4. The molecule has 1 aromatic heterocycles. The molecule has 0 aliphatic heterocycles. The van der Waals surface area contributed by atoms with Crippen molar-refractivity contribution >= 4 is 16.4 Å². The molecular formula is C7H7NO6S. The molecule has 0 unspecified atom stereocenters. The predicted octanol–water partition coefficient (Wildman–Crippen LogP) is 0.0992. The quantitative estimate of drug-likeness (QED) is 0.708. The number of hydrogen-bond donors (Lipinski definition) is 2. The van der Waals surface area contributed by atoms with Gasteiger partial charge in [-0.1, -0.05) is 0 Å². The summed E-state index contributed by atoms with van der Waals surface area (Å²) in [5.74, 6) is -1.23. The smallest absolute Gasteiger partial charge is 0.397 e. The molecule has 82 valence electrons. The zero-order valence-electron chi connectivity index (χ0n) is 7.32. The van der Waals surface area contributed by atoms with E-state index in [1.807, 2.05) is 0 Å². The van der Waals surface area contributed by atoms with Crippen LogP contribution in [0.2, 0.25) is 0 Å². The molecule has 0 radical (unpaired) electrons. The van der Waals surface area contributed by atoms with Gasteiger partial charge in [0.15, 0.2) is 0 Å². The Morgan fingerprint density at radius 3 is 2.73 bits per heavy atom. The molecule has 1 aromatic rings. The Hall–Kier alpha value is -1.51. The Balaban J connectivity index is 2.79. The summed E-state index contributed by atoms with van der Waals surface area (Å²) >= 11 is 0. The first-order chi connectivity index (χ1) is 6.88. The van der Waals surface area contributed by atoms with Crippen LogP contribution in [0.4, 0.5) is 0 Å². The van der Waals surface area contributed by atoms with Crippen molar-refractivity contribution in [2.75, 3.05) is 0 Å². The summed E-state index contributed by atoms with van der Waals surface area (Å²) in [5.41, 5.74) is 0.0477. The minimum Gasteiger partial charge on any atom is -0.477 e. The van der Waals surface area contributed by atoms with Gasteiger partial charge in [0, 0.05) is 6.20 Å². The first-order valence-electron chi connectivity index (χ1n) is 3.68. The second-order valence-corrected chi connectivity index (χ2v) is 3.64. The molecule has 15 heavy (non-hydrogen) atoms. The fourth-order valence-electron chi connectivity index (χ4n) is 0.824. The number of aromatic nitrogens is 1. The highest BCUT2D eigenvalue weighted by molar-refractivity contribution is 7.80. The minimum atomic E-state index is -4.52. The van der Waals surface area contributed by atoms with Crippen LogP contribution in [0.5, 0.6) is 0 Å². The normalized spacial score (nSPS) is 11.3. The molecule has 0 bridgehead atoms. The van der Waals surface area contributed by atoms with E-state index in [0.717, 1.165) is 6.07 Å². The number of carboxylic acids is 1. The summed E-state index contributed by atoms with van der Waals surface area (Å²) in [6.07, 6.45) is 1.20. The predicted molar refractivity (Wildman–Crippen MR) is 47.5 cm³/mol. The van der Waals surface area contributed by atoms with Gasteiger partial charge in [0.1, 0.15) is 5.69 Å². The van der Waals surface area contributed by atoms with Crippen LogP contribution in [0.3, 0.4) is 0 Å². The maximum Gasteiger partial charge on any atom is 0.397 e. The van der Waals surface area contributed by atoms with E-state index < -0.39 is 23.0 Å². The van der Waals surface area contributed by atoms with E-state index >= 15 is 0 Å². The first-order valence-corrected chi connectivity index (χ1v) is 5.05. The Kier molecular flexibility index (Phi) is 3.35. The summed E-state index contributed by atoms with van der Waals surface area (Å²) in [7, 11) is -4.52. The Bertz CT molecular complexity index is 468. The van der Waals surface area contributed by atoms with Gasteiger partial charge in [-0.15, -0.1) is 0 Å². The average Bonchev–Trinajstić information content (AvgIpc) is 2.14. The van der Waals surface area contributed by atoms with Gasteiger partial charge in [0.2, 0.25) is 0 Å². The second-order valence-electron chi connectivity index (χ2n) is 2.54. The van der Waals surface area contributed by atoms with Gasteiger partial charge < -0.3 is 5.11 Å². The zero-order valence-corrected chi connectivity index (χ0v) is 8.14. The minimum absolute atomic E-state index is 0.230. The highest BCUT2D eigenvalue weighted by atomic mass is 32.3. The van der Waals surface area contributed by atoms with E-state index in [-0.39, 0.29) is 11.3 Å². The third-order valence-corrected chi connectivity index (χ3v) is 1.83. The van der Waals surface area contributed by atoms with Crippen molar-refractivity contribution in [2.45, 2.75) is 6.61 Å². The molecule has 0 aliphatic carbocycles. The lowest BCUT2D eigenvalue weighted by Crippen LogP contribution is -2.05. The molecule has 0 amide bonds. The van der Waals surface area contributed by atoms with Crippen LogP contribution >= 0.6 is 0 Å². The van der Waals surface area contributed by atoms with Gasteiger partial charge in [-0.3, -0.25) is 4.55 Å². The Morgan fingerprint density at radius 1 is 1.53 bits per heavy atom. The molecule has 0 fully saturated rings. The van der Waals surface area contributed by atoms with Crippen molar-refractivity contribution < 1.29 is 27.1 Å². The van der Waals surface area contributed by atoms with E-state index in [0.29, 0.717) is 0 Å². The third-order valence-electron chi connectivity index (χ3n) is 1.42. The lowest BCUT2D eigenvalue weighted by Gasteiger charge is -2.00. The van der Waals surface area contributed by atoms with Gasteiger partial charge in [0.25, 0.3) is 0 Å². The Labute approximate surface area is 85.3 Å². The number of pyridine rings is 1. The molecule has 2 N–H and O–H groups in total. The molecule has 7 nitrogen and oxygen atoms in total. The lowest BCUT2D eigenvalue weighted by molar-refractivity contribution is 0.0690. The van der Waals surface area contributed by atoms with E-state index in [1.54, 1.807) is 0 Å². The van der Waals surface area contributed by atoms with Gasteiger partial charge in [-0.2, -0.15) is 8.42 Å². The van der Waals surface area contributed by atoms with Crippen molar-refractivity contribution in [2.24, 2.45) is 0 Å². The van der Waals surface area contributed by atoms with Crippen LogP contribution in [-0.2, 0) is 21.2 Å². The van der Waals surface area contributed by atoms with Crippen LogP contribution in [-0.4, -0.2) is 29.0 Å². The highest BCUT2D eigenvalue weighted by Crippen LogP contribution is 2.05. The van der Waals surface area contributed by atoms with Crippen molar-refractivity contribution in [3.63, 3.8) is 0 Å². The summed E-state index contributed by atoms with van der Waals surface area (Å²) in [4.78, 5) is 14.0. The van der Waals surface area contributed by atoms with E-state index in [1.165, 1.54) is 12.3 Å². The highest BCUT2D eigenvalue weighted by Gasteiger charge is 2.08. The van der Waals surface area contributed by atoms with Gasteiger partial charge in [0.05, 0.1) is 6.61 Å². The van der Waals surface area contributed by atoms with Crippen LogP contribution in [0.25, 0.3) is 0 Å². The number of aromatic carboxylic acids is 1. The zero-order chi connectivity index (χ0) is 11.5. The van der Waals surface area contributed by atoms with Crippen LogP contribution in [0.1, 0.15) is 16.1 Å². The number of nitrogens with zero attached hydrogens (tertiary/aromatic N) is 1. The van der Waals surface area contributed by atoms with Crippen molar-refractivity contribution in [3.05, 3.63) is 29.6 Å².